The van der Waals surface area contributed by atoms with E-state index in [0.29, 0.717) is 6.54 Å². The summed E-state index contributed by atoms with van der Waals surface area (Å²) in [5.74, 6) is 0. The van der Waals surface area contributed by atoms with Gasteiger partial charge in [0.25, 0.3) is 0 Å². The highest BCUT2D eigenvalue weighted by molar-refractivity contribution is 5.65. The lowest BCUT2D eigenvalue weighted by atomic mass is 10.1. The Labute approximate surface area is 136 Å². The van der Waals surface area contributed by atoms with Gasteiger partial charge in [0, 0.05) is 31.9 Å². The Kier molecular flexibility index (Phi) is 4.12. The Morgan fingerprint density at radius 1 is 1.00 bits per heavy atom. The fraction of sp³-hybridized carbons (Fsp3) is 0.222. The van der Waals surface area contributed by atoms with Gasteiger partial charge in [-0.1, -0.05) is 35.0 Å². The molecule has 3 aromatic rings. The zero-order valence-electron chi connectivity index (χ0n) is 13.7. The molecule has 5 nitrogen and oxygen atoms in total. The van der Waals surface area contributed by atoms with Crippen LogP contribution in [0.3, 0.4) is 0 Å². The van der Waals surface area contributed by atoms with Crippen LogP contribution in [-0.4, -0.2) is 29.1 Å². The molecule has 0 fully saturated rings. The average molecular weight is 307 g/mol. The Balaban J connectivity index is 2.09. The molecule has 0 aliphatic rings. The number of aryl methyl sites for hydroxylation is 1. The normalized spacial score (nSPS) is 10.8. The maximum Gasteiger partial charge on any atom is 0.105 e. The first-order valence-corrected chi connectivity index (χ1v) is 7.59. The molecule has 0 aliphatic heterocycles. The van der Waals surface area contributed by atoms with Gasteiger partial charge in [0.05, 0.1) is 11.4 Å². The molecule has 5 heteroatoms. The fourth-order valence-electron chi connectivity index (χ4n) is 2.52. The van der Waals surface area contributed by atoms with Crippen molar-refractivity contribution in [1.82, 2.24) is 15.0 Å². The molecule has 1 aromatic heterocycles. The molecule has 1 heterocycles. The SMILES string of the molecule is Cc1ccc(-c2c(CN)nnn2-c2ccc(N(C)C)cc2)cc1. The highest BCUT2D eigenvalue weighted by atomic mass is 15.4. The molecule has 118 valence electrons. The standard InChI is InChI=1S/C18H21N5/c1-13-4-6-14(7-5-13)18-17(12-19)20-21-23(18)16-10-8-15(9-11-16)22(2)3/h4-11H,12,19H2,1-3H3. The van der Waals surface area contributed by atoms with Gasteiger partial charge < -0.3 is 10.6 Å². The monoisotopic (exact) mass is 307 g/mol. The zero-order chi connectivity index (χ0) is 16.4. The van der Waals surface area contributed by atoms with Crippen molar-refractivity contribution in [2.75, 3.05) is 19.0 Å². The molecular weight excluding hydrogens is 286 g/mol. The van der Waals surface area contributed by atoms with Gasteiger partial charge in [-0.15, -0.1) is 5.10 Å². The van der Waals surface area contributed by atoms with Crippen LogP contribution in [0.1, 0.15) is 11.3 Å². The minimum absolute atomic E-state index is 0.360. The van der Waals surface area contributed by atoms with Gasteiger partial charge in [-0.3, -0.25) is 0 Å². The summed E-state index contributed by atoms with van der Waals surface area (Å²) in [7, 11) is 4.05. The lowest BCUT2D eigenvalue weighted by molar-refractivity contribution is 0.800. The van der Waals surface area contributed by atoms with E-state index in [1.54, 1.807) is 0 Å². The van der Waals surface area contributed by atoms with Crippen molar-refractivity contribution < 1.29 is 0 Å². The van der Waals surface area contributed by atoms with Gasteiger partial charge in [0.1, 0.15) is 5.69 Å². The quantitative estimate of drug-likeness (QED) is 0.805. The zero-order valence-corrected chi connectivity index (χ0v) is 13.7. The number of nitrogens with zero attached hydrogens (tertiary/aromatic N) is 4. The number of hydrogen-bond acceptors (Lipinski definition) is 4. The lowest BCUT2D eigenvalue weighted by Crippen LogP contribution is -2.08. The first-order chi connectivity index (χ1) is 11.1. The highest BCUT2D eigenvalue weighted by Gasteiger charge is 2.15. The van der Waals surface area contributed by atoms with E-state index in [2.05, 4.69) is 58.5 Å². The molecule has 2 N–H and O–H groups in total. The molecule has 0 spiro atoms. The van der Waals surface area contributed by atoms with E-state index < -0.39 is 0 Å². The van der Waals surface area contributed by atoms with E-state index in [-0.39, 0.29) is 0 Å². The molecule has 0 saturated carbocycles. The minimum Gasteiger partial charge on any atom is -0.378 e. The van der Waals surface area contributed by atoms with E-state index in [0.717, 1.165) is 28.3 Å². The first kappa shape index (κ1) is 15.2. The van der Waals surface area contributed by atoms with E-state index in [4.69, 9.17) is 5.73 Å². The molecule has 23 heavy (non-hydrogen) atoms. The first-order valence-electron chi connectivity index (χ1n) is 7.59. The second-order valence-electron chi connectivity index (χ2n) is 5.78. The number of hydrogen-bond donors (Lipinski definition) is 1. The van der Waals surface area contributed by atoms with Crippen LogP contribution in [0, 0.1) is 6.92 Å². The largest absolute Gasteiger partial charge is 0.378 e. The van der Waals surface area contributed by atoms with Crippen LogP contribution in [0.4, 0.5) is 5.69 Å². The molecule has 0 radical (unpaired) electrons. The predicted octanol–water partition coefficient (Wildman–Crippen LogP) is 2.77. The van der Waals surface area contributed by atoms with E-state index in [1.807, 2.05) is 30.9 Å². The van der Waals surface area contributed by atoms with Crippen LogP contribution in [0.5, 0.6) is 0 Å². The smallest absolute Gasteiger partial charge is 0.105 e. The molecule has 0 aliphatic carbocycles. The van der Waals surface area contributed by atoms with Crippen molar-refractivity contribution in [3.05, 3.63) is 59.8 Å². The Hall–Kier alpha value is -2.66. The van der Waals surface area contributed by atoms with Crippen LogP contribution in [0.15, 0.2) is 48.5 Å². The molecular formula is C18H21N5. The van der Waals surface area contributed by atoms with Gasteiger partial charge >= 0.3 is 0 Å². The predicted molar refractivity (Wildman–Crippen MR) is 93.8 cm³/mol. The van der Waals surface area contributed by atoms with Crippen molar-refractivity contribution in [1.29, 1.82) is 0 Å². The van der Waals surface area contributed by atoms with Crippen molar-refractivity contribution in [3.8, 4) is 16.9 Å². The van der Waals surface area contributed by atoms with Gasteiger partial charge in [-0.2, -0.15) is 0 Å². The number of rotatable bonds is 4. The van der Waals surface area contributed by atoms with Gasteiger partial charge in [0.15, 0.2) is 0 Å². The second-order valence-corrected chi connectivity index (χ2v) is 5.78. The van der Waals surface area contributed by atoms with Crippen molar-refractivity contribution >= 4 is 5.69 Å². The maximum absolute atomic E-state index is 5.85. The molecule has 0 amide bonds. The third-order valence-electron chi connectivity index (χ3n) is 3.87. The summed E-state index contributed by atoms with van der Waals surface area (Å²) >= 11 is 0. The van der Waals surface area contributed by atoms with Crippen LogP contribution in [0.2, 0.25) is 0 Å². The number of aromatic nitrogens is 3. The second kappa shape index (κ2) is 6.22. The topological polar surface area (TPSA) is 60.0 Å². The summed E-state index contributed by atoms with van der Waals surface area (Å²) in [5, 5.41) is 8.55. The summed E-state index contributed by atoms with van der Waals surface area (Å²) in [6.07, 6.45) is 0. The third-order valence-corrected chi connectivity index (χ3v) is 3.87. The molecule has 0 saturated heterocycles. The van der Waals surface area contributed by atoms with E-state index >= 15 is 0 Å². The van der Waals surface area contributed by atoms with Crippen LogP contribution in [-0.2, 0) is 6.54 Å². The molecule has 0 atom stereocenters. The van der Waals surface area contributed by atoms with E-state index in [1.165, 1.54) is 5.56 Å². The van der Waals surface area contributed by atoms with Gasteiger partial charge in [-0.05, 0) is 31.2 Å². The van der Waals surface area contributed by atoms with Crippen molar-refractivity contribution in [3.63, 3.8) is 0 Å². The van der Waals surface area contributed by atoms with Gasteiger partial charge in [0.2, 0.25) is 0 Å². The van der Waals surface area contributed by atoms with Gasteiger partial charge in [-0.25, -0.2) is 4.68 Å². The number of nitrogens with two attached hydrogens (primary N) is 1. The van der Waals surface area contributed by atoms with Crippen LogP contribution >= 0.6 is 0 Å². The van der Waals surface area contributed by atoms with Crippen molar-refractivity contribution in [2.24, 2.45) is 5.73 Å². The summed E-state index contributed by atoms with van der Waals surface area (Å²) in [6.45, 7) is 2.43. The molecule has 2 aromatic carbocycles. The Bertz CT molecular complexity index is 785. The lowest BCUT2D eigenvalue weighted by Gasteiger charge is -2.13. The maximum atomic E-state index is 5.85. The summed E-state index contributed by atoms with van der Waals surface area (Å²) in [6, 6.07) is 16.6. The summed E-state index contributed by atoms with van der Waals surface area (Å²) < 4.78 is 1.85. The molecule has 0 bridgehead atoms. The summed E-state index contributed by atoms with van der Waals surface area (Å²) in [5.41, 5.74) is 12.0. The number of benzene rings is 2. The van der Waals surface area contributed by atoms with Crippen LogP contribution < -0.4 is 10.6 Å². The average Bonchev–Trinajstić information content (AvgIpc) is 2.99. The minimum atomic E-state index is 0.360. The molecule has 3 rings (SSSR count). The number of anilines is 1. The van der Waals surface area contributed by atoms with Crippen LogP contribution in [0.25, 0.3) is 16.9 Å². The summed E-state index contributed by atoms with van der Waals surface area (Å²) in [4.78, 5) is 2.07. The third kappa shape index (κ3) is 2.96. The fourth-order valence-corrected chi connectivity index (χ4v) is 2.52. The van der Waals surface area contributed by atoms with E-state index in [9.17, 15) is 0 Å². The highest BCUT2D eigenvalue weighted by Crippen LogP contribution is 2.26. The van der Waals surface area contributed by atoms with Crippen molar-refractivity contribution in [2.45, 2.75) is 13.5 Å². The molecule has 0 unspecified atom stereocenters. The Morgan fingerprint density at radius 3 is 2.22 bits per heavy atom. The Morgan fingerprint density at radius 2 is 1.65 bits per heavy atom.